The molecule has 0 unspecified atom stereocenters. The number of H-pyrrole nitrogens is 1. The molecule has 0 amide bonds. The van der Waals surface area contributed by atoms with Gasteiger partial charge >= 0.3 is 0 Å². The number of rotatable bonds is 4. The molecule has 4 atom stereocenters. The number of fused-ring (bicyclic) bond motifs is 1. The van der Waals surface area contributed by atoms with Crippen molar-refractivity contribution in [2.24, 2.45) is 0 Å². The fraction of sp³-hybridized carbons (Fsp3) is 0.600. The zero-order valence-electron chi connectivity index (χ0n) is 13.9. The third kappa shape index (κ3) is 3.31. The van der Waals surface area contributed by atoms with E-state index >= 15 is 0 Å². The lowest BCUT2D eigenvalue weighted by molar-refractivity contribution is -0.0176. The fourth-order valence-corrected chi connectivity index (χ4v) is 4.16. The first kappa shape index (κ1) is 17.7. The van der Waals surface area contributed by atoms with Gasteiger partial charge < -0.3 is 14.8 Å². The summed E-state index contributed by atoms with van der Waals surface area (Å²) in [5, 5.41) is 9.78. The molecule has 9 heteroatoms. The Morgan fingerprint density at radius 1 is 1.54 bits per heavy atom. The van der Waals surface area contributed by atoms with Crippen molar-refractivity contribution in [3.05, 3.63) is 22.5 Å². The summed E-state index contributed by atoms with van der Waals surface area (Å²) in [6.45, 7) is 4.78. The number of halogens is 1. The first-order chi connectivity index (χ1) is 11.2. The quantitative estimate of drug-likeness (QED) is 0.625. The number of hydrogen-bond donors (Lipinski definition) is 2. The minimum Gasteiger partial charge on any atom is -0.389 e. The molecule has 1 fully saturated rings. The molecule has 2 aromatic heterocycles. The predicted molar refractivity (Wildman–Crippen MR) is 97.8 cm³/mol. The number of nitrogens with one attached hydrogen (secondary N) is 1. The molecule has 0 spiro atoms. The van der Waals surface area contributed by atoms with Crippen LogP contribution in [0.3, 0.4) is 0 Å². The molecule has 2 N–H and O–H groups in total. The third-order valence-electron chi connectivity index (χ3n) is 4.14. The molecule has 0 aliphatic carbocycles. The Labute approximate surface area is 145 Å². The monoisotopic (exact) mass is 372 g/mol. The molecule has 0 radical (unpaired) electrons. The Morgan fingerprint density at radius 2 is 2.25 bits per heavy atom. The van der Waals surface area contributed by atoms with E-state index in [0.29, 0.717) is 17.9 Å². The largest absolute Gasteiger partial charge is 0.389 e. The van der Waals surface area contributed by atoms with Crippen molar-refractivity contribution >= 4 is 36.0 Å². The molecule has 2 aromatic rings. The predicted octanol–water partition coefficient (Wildman–Crippen LogP) is 1.39. The first-order valence-electron chi connectivity index (χ1n) is 7.76. The number of nitrogens with zero attached hydrogens (tertiary/aromatic N) is 3. The highest BCUT2D eigenvalue weighted by molar-refractivity contribution is 7.72. The lowest BCUT2D eigenvalue weighted by Crippen LogP contribution is -2.28. The molecule has 0 saturated carbocycles. The molecule has 3 heterocycles. The molecular formula is C15H22ClN4O3P. The van der Waals surface area contributed by atoms with Crippen LogP contribution in [0.15, 0.2) is 11.1 Å². The lowest BCUT2D eigenvalue weighted by Gasteiger charge is -2.18. The van der Waals surface area contributed by atoms with Crippen LogP contribution in [0.4, 0.5) is 0 Å². The standard InChI is InChI=1S/C15H22ClN4O3P/c1-8-18-13-11(14(22)19-8)17-7-20(13)15-10(16)12(21)9(23-15)5-6-24(2,3)4/h7,9-10,12,15,21H,2,5-6H2,1,3-4H3,(H,18,19,22)/t9-,10-,12-,15-/m1/s1. The van der Waals surface area contributed by atoms with Crippen LogP contribution in [0.25, 0.3) is 11.2 Å². The van der Waals surface area contributed by atoms with Gasteiger partial charge in [-0.05, 0) is 32.8 Å². The van der Waals surface area contributed by atoms with Crippen LogP contribution in [-0.4, -0.2) is 68.0 Å². The van der Waals surface area contributed by atoms with Crippen LogP contribution in [0, 0.1) is 6.92 Å². The second-order valence-corrected chi connectivity index (χ2v) is 11.7. The topological polar surface area (TPSA) is 93.0 Å². The number of aryl methyl sites for hydroxylation is 1. The molecule has 24 heavy (non-hydrogen) atoms. The maximum Gasteiger partial charge on any atom is 0.279 e. The highest BCUT2D eigenvalue weighted by Crippen LogP contribution is 2.41. The summed E-state index contributed by atoms with van der Waals surface area (Å²) in [5.41, 5.74) is 0.335. The number of aromatic nitrogens is 4. The Kier molecular flexibility index (Phi) is 4.64. The highest BCUT2D eigenvalue weighted by atomic mass is 35.5. The van der Waals surface area contributed by atoms with Crippen molar-refractivity contribution in [3.8, 4) is 0 Å². The summed E-state index contributed by atoms with van der Waals surface area (Å²) in [6, 6.07) is 0. The van der Waals surface area contributed by atoms with E-state index in [1.165, 1.54) is 6.33 Å². The van der Waals surface area contributed by atoms with Gasteiger partial charge in [-0.3, -0.25) is 9.36 Å². The van der Waals surface area contributed by atoms with Gasteiger partial charge in [0.25, 0.3) is 5.56 Å². The van der Waals surface area contributed by atoms with Crippen molar-refractivity contribution in [2.45, 2.75) is 37.2 Å². The minimum atomic E-state index is -1.21. The van der Waals surface area contributed by atoms with Crippen molar-refractivity contribution in [3.63, 3.8) is 0 Å². The molecule has 0 bridgehead atoms. The molecule has 1 saturated heterocycles. The van der Waals surface area contributed by atoms with E-state index in [-0.39, 0.29) is 17.2 Å². The van der Waals surface area contributed by atoms with Crippen molar-refractivity contribution in [1.29, 1.82) is 0 Å². The Bertz CT molecular complexity index is 858. The zero-order chi connectivity index (χ0) is 17.6. The van der Waals surface area contributed by atoms with Gasteiger partial charge in [0.05, 0.1) is 12.4 Å². The van der Waals surface area contributed by atoms with E-state index in [9.17, 15) is 9.90 Å². The highest BCUT2D eigenvalue weighted by Gasteiger charge is 2.44. The maximum atomic E-state index is 12.0. The maximum absolute atomic E-state index is 12.0. The van der Waals surface area contributed by atoms with E-state index in [1.807, 2.05) is 0 Å². The van der Waals surface area contributed by atoms with Crippen molar-refractivity contribution < 1.29 is 9.84 Å². The van der Waals surface area contributed by atoms with Crippen LogP contribution in [-0.2, 0) is 4.74 Å². The van der Waals surface area contributed by atoms with E-state index in [1.54, 1.807) is 11.5 Å². The first-order valence-corrected chi connectivity index (χ1v) is 11.2. The number of aliphatic hydroxyl groups excluding tert-OH is 1. The minimum absolute atomic E-state index is 0.232. The Hall–Kier alpha value is -1.14. The van der Waals surface area contributed by atoms with Gasteiger partial charge in [0.1, 0.15) is 17.3 Å². The van der Waals surface area contributed by atoms with E-state index in [4.69, 9.17) is 16.3 Å². The van der Waals surface area contributed by atoms with Gasteiger partial charge in [0, 0.05) is 0 Å². The van der Waals surface area contributed by atoms with E-state index < -0.39 is 24.6 Å². The van der Waals surface area contributed by atoms with Crippen LogP contribution in [0.5, 0.6) is 0 Å². The molecule has 0 aromatic carbocycles. The smallest absolute Gasteiger partial charge is 0.279 e. The second-order valence-electron chi connectivity index (χ2n) is 6.92. The van der Waals surface area contributed by atoms with E-state index in [2.05, 4.69) is 34.6 Å². The second kappa shape index (κ2) is 6.30. The molecule has 1 aliphatic rings. The summed E-state index contributed by atoms with van der Waals surface area (Å²) >= 11 is 6.40. The summed E-state index contributed by atoms with van der Waals surface area (Å²) in [5.74, 6) is 0.485. The van der Waals surface area contributed by atoms with Crippen LogP contribution >= 0.6 is 18.5 Å². The zero-order valence-corrected chi connectivity index (χ0v) is 15.6. The third-order valence-corrected chi connectivity index (χ3v) is 6.08. The number of imidazole rings is 1. The fourth-order valence-electron chi connectivity index (χ4n) is 2.86. The van der Waals surface area contributed by atoms with E-state index in [0.717, 1.165) is 6.16 Å². The SMILES string of the molecule is C=P(C)(C)CC[C@H]1O[C@@H](n2cnc3c(=O)[nH]c(C)nc32)[C@H](Cl)[C@@H]1O. The Morgan fingerprint density at radius 3 is 2.92 bits per heavy atom. The van der Waals surface area contributed by atoms with Crippen LogP contribution in [0.2, 0.25) is 0 Å². The van der Waals surface area contributed by atoms with Gasteiger partial charge in [-0.2, -0.15) is 0 Å². The summed E-state index contributed by atoms with van der Waals surface area (Å²) in [4.78, 5) is 23.0. The van der Waals surface area contributed by atoms with Crippen molar-refractivity contribution in [2.75, 3.05) is 19.5 Å². The number of aliphatic hydroxyl groups is 1. The lowest BCUT2D eigenvalue weighted by atomic mass is 10.1. The summed E-state index contributed by atoms with van der Waals surface area (Å²) in [7, 11) is 0. The molecule has 7 nitrogen and oxygen atoms in total. The number of aromatic amines is 1. The van der Waals surface area contributed by atoms with Gasteiger partial charge in [-0.1, -0.05) is 0 Å². The average Bonchev–Trinajstić information content (AvgIpc) is 3.00. The van der Waals surface area contributed by atoms with Gasteiger partial charge in [-0.15, -0.1) is 24.8 Å². The number of ether oxygens (including phenoxy) is 1. The van der Waals surface area contributed by atoms with Crippen LogP contribution < -0.4 is 5.56 Å². The van der Waals surface area contributed by atoms with Gasteiger partial charge in [0.15, 0.2) is 17.4 Å². The normalized spacial score (nSPS) is 27.9. The Balaban J connectivity index is 1.90. The summed E-state index contributed by atoms with van der Waals surface area (Å²) in [6.07, 6.45) is 5.51. The van der Waals surface area contributed by atoms with Crippen LogP contribution in [0.1, 0.15) is 18.5 Å². The number of alkyl halides is 1. The molecule has 132 valence electrons. The number of hydrogen-bond acceptors (Lipinski definition) is 5. The summed E-state index contributed by atoms with van der Waals surface area (Å²) < 4.78 is 7.62. The van der Waals surface area contributed by atoms with Gasteiger partial charge in [0.2, 0.25) is 0 Å². The molecule has 3 rings (SSSR count). The molecular weight excluding hydrogens is 351 g/mol. The molecule has 1 aliphatic heterocycles. The average molecular weight is 373 g/mol. The van der Waals surface area contributed by atoms with Crippen molar-refractivity contribution in [1.82, 2.24) is 19.5 Å². The van der Waals surface area contributed by atoms with Gasteiger partial charge in [-0.25, -0.2) is 9.97 Å².